The Morgan fingerprint density at radius 3 is 2.16 bits per heavy atom. The topological polar surface area (TPSA) is 43.4 Å². The van der Waals surface area contributed by atoms with Crippen LogP contribution in [0.2, 0.25) is 0 Å². The molecule has 0 atom stereocenters. The van der Waals surface area contributed by atoms with Gasteiger partial charge in [0.15, 0.2) is 0 Å². The first-order chi connectivity index (χ1) is 8.67. The molecule has 1 aromatic carbocycles. The van der Waals surface area contributed by atoms with E-state index in [1.807, 2.05) is 0 Å². The van der Waals surface area contributed by atoms with Crippen molar-refractivity contribution in [3.8, 4) is 0 Å². The van der Waals surface area contributed by atoms with Gasteiger partial charge in [-0.05, 0) is 18.6 Å². The summed E-state index contributed by atoms with van der Waals surface area (Å²) in [6.45, 7) is 2.46. The van der Waals surface area contributed by atoms with Crippen molar-refractivity contribution in [2.24, 2.45) is 0 Å². The van der Waals surface area contributed by atoms with Crippen LogP contribution in [0.1, 0.15) is 45.4 Å². The van der Waals surface area contributed by atoms with E-state index in [9.17, 15) is 8.42 Å². The van der Waals surface area contributed by atoms with Gasteiger partial charge in [-0.1, -0.05) is 57.2 Å². The minimum absolute atomic E-state index is 0. The molecule has 0 amide bonds. The Bertz CT molecular complexity index is 418. The molecule has 0 fully saturated rings. The molecule has 0 spiro atoms. The Balaban J connectivity index is 0.00000324. The van der Waals surface area contributed by atoms with Crippen LogP contribution in [-0.2, 0) is 14.3 Å². The molecule has 3 nitrogen and oxygen atoms in total. The molecule has 0 bridgehead atoms. The van der Waals surface area contributed by atoms with Crippen molar-refractivity contribution in [2.45, 2.75) is 50.3 Å². The van der Waals surface area contributed by atoms with Crippen molar-refractivity contribution in [3.63, 3.8) is 0 Å². The molecular formula is C14H24CaO3S. The van der Waals surface area contributed by atoms with Gasteiger partial charge in [0, 0.05) is 0 Å². The Labute approximate surface area is 146 Å². The molecule has 106 valence electrons. The first-order valence-electron chi connectivity index (χ1n) is 6.61. The van der Waals surface area contributed by atoms with E-state index in [1.165, 1.54) is 19.3 Å². The monoisotopic (exact) mass is 312 g/mol. The quantitative estimate of drug-likeness (QED) is 0.400. The van der Waals surface area contributed by atoms with Crippen molar-refractivity contribution in [3.05, 3.63) is 30.3 Å². The second-order valence-electron chi connectivity index (χ2n) is 4.36. The molecule has 0 aromatic heterocycles. The molecule has 0 aliphatic heterocycles. The fourth-order valence-corrected chi connectivity index (χ4v) is 2.67. The minimum atomic E-state index is -3.56. The van der Waals surface area contributed by atoms with Crippen LogP contribution in [0.5, 0.6) is 0 Å². The van der Waals surface area contributed by atoms with Crippen LogP contribution in [-0.4, -0.2) is 52.8 Å². The van der Waals surface area contributed by atoms with Crippen LogP contribution in [0, 0.1) is 0 Å². The molecule has 0 heterocycles. The molecule has 5 heteroatoms. The predicted molar refractivity (Wildman–Crippen MR) is 81.5 cm³/mol. The van der Waals surface area contributed by atoms with Crippen LogP contribution in [0.15, 0.2) is 35.2 Å². The SMILES string of the molecule is CCCCCCCCOS(=O)(=O)c1ccccc1.[CaH2]. The van der Waals surface area contributed by atoms with Gasteiger partial charge in [0.1, 0.15) is 0 Å². The van der Waals surface area contributed by atoms with Crippen molar-refractivity contribution >= 4 is 47.9 Å². The standard InChI is InChI=1S/C14H22O3S.Ca.2H/c1-2-3-4-5-6-10-13-17-18(15,16)14-11-8-7-9-12-14;;;/h7-9,11-12H,2-6,10,13H2,1H3;;;. The molecule has 1 rings (SSSR count). The summed E-state index contributed by atoms with van der Waals surface area (Å²) in [6.07, 6.45) is 6.69. The van der Waals surface area contributed by atoms with Gasteiger partial charge in [0.2, 0.25) is 0 Å². The Morgan fingerprint density at radius 2 is 1.53 bits per heavy atom. The third kappa shape index (κ3) is 8.30. The number of hydrogen-bond acceptors (Lipinski definition) is 3. The first kappa shape index (κ1) is 19.4. The van der Waals surface area contributed by atoms with E-state index in [4.69, 9.17) is 4.18 Å². The van der Waals surface area contributed by atoms with E-state index in [2.05, 4.69) is 6.92 Å². The summed E-state index contributed by atoms with van der Waals surface area (Å²) in [5, 5.41) is 0. The van der Waals surface area contributed by atoms with Crippen molar-refractivity contribution in [1.82, 2.24) is 0 Å². The van der Waals surface area contributed by atoms with Crippen LogP contribution >= 0.6 is 0 Å². The second kappa shape index (κ2) is 11.1. The second-order valence-corrected chi connectivity index (χ2v) is 5.97. The Kier molecular flexibility index (Phi) is 11.3. The van der Waals surface area contributed by atoms with Crippen LogP contribution in [0.4, 0.5) is 0 Å². The number of rotatable bonds is 9. The van der Waals surface area contributed by atoms with E-state index in [-0.39, 0.29) is 49.2 Å². The molecule has 0 saturated heterocycles. The summed E-state index contributed by atoms with van der Waals surface area (Å²) in [7, 11) is -3.56. The molecule has 0 N–H and O–H groups in total. The summed E-state index contributed by atoms with van der Waals surface area (Å²) in [6, 6.07) is 8.28. The van der Waals surface area contributed by atoms with Crippen molar-refractivity contribution in [2.75, 3.05) is 6.61 Å². The molecule has 0 saturated carbocycles. The fraction of sp³-hybridized carbons (Fsp3) is 0.571. The van der Waals surface area contributed by atoms with Gasteiger partial charge in [-0.2, -0.15) is 8.42 Å². The summed E-state index contributed by atoms with van der Waals surface area (Å²) < 4.78 is 28.5. The van der Waals surface area contributed by atoms with Gasteiger partial charge in [-0.25, -0.2) is 0 Å². The van der Waals surface area contributed by atoms with E-state index in [0.717, 1.165) is 19.3 Å². The zero-order chi connectivity index (χ0) is 13.3. The van der Waals surface area contributed by atoms with Gasteiger partial charge in [-0.15, -0.1) is 0 Å². The fourth-order valence-electron chi connectivity index (χ4n) is 1.71. The normalized spacial score (nSPS) is 11.0. The molecule has 0 aliphatic rings. The third-order valence-corrected chi connectivity index (χ3v) is 4.09. The number of unbranched alkanes of at least 4 members (excludes halogenated alkanes) is 5. The van der Waals surface area contributed by atoms with Crippen LogP contribution < -0.4 is 0 Å². The number of benzene rings is 1. The van der Waals surface area contributed by atoms with Gasteiger partial charge in [-0.3, -0.25) is 4.18 Å². The van der Waals surface area contributed by atoms with Gasteiger partial charge in [0.25, 0.3) is 10.1 Å². The van der Waals surface area contributed by atoms with Crippen molar-refractivity contribution < 1.29 is 12.6 Å². The molecule has 0 radical (unpaired) electrons. The van der Waals surface area contributed by atoms with E-state index in [1.54, 1.807) is 30.3 Å². The first-order valence-corrected chi connectivity index (χ1v) is 8.02. The molecule has 0 unspecified atom stereocenters. The van der Waals surface area contributed by atoms with Gasteiger partial charge in [0.05, 0.1) is 11.5 Å². The molecule has 1 aromatic rings. The zero-order valence-electron chi connectivity index (χ0n) is 11.0. The van der Waals surface area contributed by atoms with Crippen LogP contribution in [0.25, 0.3) is 0 Å². The molecule has 0 aliphatic carbocycles. The number of hydrogen-bond donors (Lipinski definition) is 0. The molecular weight excluding hydrogens is 288 g/mol. The van der Waals surface area contributed by atoms with E-state index < -0.39 is 10.1 Å². The Morgan fingerprint density at radius 1 is 0.947 bits per heavy atom. The van der Waals surface area contributed by atoms with E-state index in [0.29, 0.717) is 0 Å². The van der Waals surface area contributed by atoms with Crippen LogP contribution in [0.3, 0.4) is 0 Å². The maximum atomic E-state index is 11.7. The van der Waals surface area contributed by atoms with Crippen molar-refractivity contribution in [1.29, 1.82) is 0 Å². The third-order valence-electron chi connectivity index (χ3n) is 2.77. The summed E-state index contributed by atoms with van der Waals surface area (Å²) in [5.41, 5.74) is 0. The average Bonchev–Trinajstić information content (AvgIpc) is 2.39. The zero-order valence-corrected chi connectivity index (χ0v) is 11.8. The summed E-state index contributed by atoms with van der Waals surface area (Å²) >= 11 is 0. The van der Waals surface area contributed by atoms with E-state index >= 15 is 0 Å². The summed E-state index contributed by atoms with van der Waals surface area (Å²) in [5.74, 6) is 0. The molecule has 19 heavy (non-hydrogen) atoms. The Hall–Kier alpha value is 0.390. The average molecular weight is 312 g/mol. The van der Waals surface area contributed by atoms with Gasteiger partial charge < -0.3 is 0 Å². The maximum absolute atomic E-state index is 11.7. The van der Waals surface area contributed by atoms with Gasteiger partial charge >= 0.3 is 37.7 Å². The predicted octanol–water partition coefficient (Wildman–Crippen LogP) is 2.84. The summed E-state index contributed by atoms with van der Waals surface area (Å²) in [4.78, 5) is 0.232.